The van der Waals surface area contributed by atoms with E-state index >= 15 is 0 Å². The molecule has 4 heteroatoms. The molecule has 0 spiro atoms. The average molecular weight is 218 g/mol. The van der Waals surface area contributed by atoms with Crippen molar-refractivity contribution < 1.29 is 0 Å². The summed E-state index contributed by atoms with van der Waals surface area (Å²) in [6.45, 7) is 4.83. The molecule has 0 heterocycles. The van der Waals surface area contributed by atoms with Crippen molar-refractivity contribution in [2.45, 2.75) is 26.9 Å². The highest BCUT2D eigenvalue weighted by Gasteiger charge is 1.95. The maximum Gasteiger partial charge on any atom is 0.0902 e. The van der Waals surface area contributed by atoms with E-state index in [0.29, 0.717) is 24.8 Å². The van der Waals surface area contributed by atoms with Gasteiger partial charge in [0.25, 0.3) is 0 Å². The molecule has 1 aromatic carbocycles. The molecular formula is C12H18N4. The maximum absolute atomic E-state index is 7.25. The molecule has 4 nitrogen and oxygen atoms in total. The van der Waals surface area contributed by atoms with Gasteiger partial charge >= 0.3 is 0 Å². The lowest BCUT2D eigenvalue weighted by atomic mass is 10.1. The van der Waals surface area contributed by atoms with Gasteiger partial charge in [0.05, 0.1) is 11.7 Å². The quantitative estimate of drug-likeness (QED) is 0.460. The van der Waals surface area contributed by atoms with Crippen LogP contribution in [0.3, 0.4) is 0 Å². The minimum Gasteiger partial charge on any atom is -0.370 e. The average Bonchev–Trinajstić information content (AvgIpc) is 2.25. The number of benzene rings is 1. The van der Waals surface area contributed by atoms with Crippen molar-refractivity contribution in [1.82, 2.24) is 10.6 Å². The molecule has 0 saturated carbocycles. The minimum absolute atomic E-state index is 0.477. The second-order valence-corrected chi connectivity index (χ2v) is 3.77. The molecule has 86 valence electrons. The third kappa shape index (κ3) is 4.59. The first-order valence-electron chi connectivity index (χ1n) is 5.24. The Balaban J connectivity index is 2.47. The highest BCUT2D eigenvalue weighted by atomic mass is 14.9. The predicted molar refractivity (Wildman–Crippen MR) is 66.9 cm³/mol. The summed E-state index contributed by atoms with van der Waals surface area (Å²) in [5.41, 5.74) is 2.31. The molecular weight excluding hydrogens is 200 g/mol. The fraction of sp³-hybridized carbons (Fsp3) is 0.333. The Morgan fingerprint density at radius 3 is 1.44 bits per heavy atom. The third-order valence-electron chi connectivity index (χ3n) is 2.14. The second-order valence-electron chi connectivity index (χ2n) is 3.77. The normalized spacial score (nSPS) is 9.62. The lowest BCUT2D eigenvalue weighted by molar-refractivity contribution is 0.884. The molecule has 0 fully saturated rings. The Labute approximate surface area is 96.1 Å². The first-order chi connectivity index (χ1) is 7.58. The Hall–Kier alpha value is -1.84. The number of hydrogen-bond acceptors (Lipinski definition) is 2. The molecule has 0 unspecified atom stereocenters. The van der Waals surface area contributed by atoms with E-state index in [-0.39, 0.29) is 0 Å². The van der Waals surface area contributed by atoms with Gasteiger partial charge in [-0.1, -0.05) is 24.3 Å². The van der Waals surface area contributed by atoms with Crippen LogP contribution >= 0.6 is 0 Å². The summed E-state index contributed by atoms with van der Waals surface area (Å²) in [7, 11) is 0. The molecule has 0 aliphatic heterocycles. The van der Waals surface area contributed by atoms with E-state index in [1.54, 1.807) is 13.8 Å². The fourth-order valence-corrected chi connectivity index (χ4v) is 1.24. The lowest BCUT2D eigenvalue weighted by Crippen LogP contribution is -2.19. The molecule has 0 saturated heterocycles. The van der Waals surface area contributed by atoms with Crippen molar-refractivity contribution in [3.8, 4) is 0 Å². The fourth-order valence-electron chi connectivity index (χ4n) is 1.24. The third-order valence-corrected chi connectivity index (χ3v) is 2.14. The zero-order valence-electron chi connectivity index (χ0n) is 9.72. The largest absolute Gasteiger partial charge is 0.370 e. The van der Waals surface area contributed by atoms with Crippen molar-refractivity contribution in [2.24, 2.45) is 0 Å². The number of rotatable bonds is 4. The number of nitrogens with one attached hydrogen (secondary N) is 4. The van der Waals surface area contributed by atoms with E-state index in [1.165, 1.54) is 0 Å². The van der Waals surface area contributed by atoms with Crippen LogP contribution in [0.15, 0.2) is 24.3 Å². The van der Waals surface area contributed by atoms with Crippen LogP contribution < -0.4 is 10.6 Å². The van der Waals surface area contributed by atoms with Gasteiger partial charge in [0.1, 0.15) is 0 Å². The van der Waals surface area contributed by atoms with Crippen molar-refractivity contribution in [3.63, 3.8) is 0 Å². The molecule has 16 heavy (non-hydrogen) atoms. The van der Waals surface area contributed by atoms with Crippen molar-refractivity contribution in [3.05, 3.63) is 35.4 Å². The summed E-state index contributed by atoms with van der Waals surface area (Å²) >= 11 is 0. The Kier molecular flexibility index (Phi) is 4.51. The second kappa shape index (κ2) is 5.90. The first kappa shape index (κ1) is 12.2. The SMILES string of the molecule is CC(=N)NCc1ccc(CNC(C)=N)cc1. The van der Waals surface area contributed by atoms with E-state index in [0.717, 1.165) is 11.1 Å². The van der Waals surface area contributed by atoms with Gasteiger partial charge in [0, 0.05) is 13.1 Å². The van der Waals surface area contributed by atoms with Crippen LogP contribution in [-0.4, -0.2) is 11.7 Å². The summed E-state index contributed by atoms with van der Waals surface area (Å²) in [4.78, 5) is 0. The van der Waals surface area contributed by atoms with Crippen LogP contribution in [0.25, 0.3) is 0 Å². The van der Waals surface area contributed by atoms with Gasteiger partial charge in [-0.3, -0.25) is 10.8 Å². The standard InChI is InChI=1S/C12H18N4/c1-9(13)15-7-11-3-5-12(6-4-11)8-16-10(2)14/h3-6H,7-8H2,1-2H3,(H2,13,15)(H2,14,16). The van der Waals surface area contributed by atoms with Gasteiger partial charge in [0.15, 0.2) is 0 Å². The number of amidine groups is 2. The van der Waals surface area contributed by atoms with E-state index in [2.05, 4.69) is 10.6 Å². The van der Waals surface area contributed by atoms with Crippen molar-refractivity contribution in [1.29, 1.82) is 10.8 Å². The summed E-state index contributed by atoms with van der Waals surface area (Å²) in [5, 5.41) is 20.4. The van der Waals surface area contributed by atoms with Crippen LogP contribution in [0.5, 0.6) is 0 Å². The molecule has 0 aliphatic carbocycles. The summed E-state index contributed by atoms with van der Waals surface area (Å²) < 4.78 is 0. The van der Waals surface area contributed by atoms with Gasteiger partial charge in [-0.25, -0.2) is 0 Å². The van der Waals surface area contributed by atoms with Gasteiger partial charge in [-0.05, 0) is 25.0 Å². The molecule has 0 atom stereocenters. The molecule has 0 bridgehead atoms. The predicted octanol–water partition coefficient (Wildman–Crippen LogP) is 1.86. The maximum atomic E-state index is 7.25. The van der Waals surface area contributed by atoms with Crippen molar-refractivity contribution >= 4 is 11.7 Å². The van der Waals surface area contributed by atoms with Crippen LogP contribution in [0.2, 0.25) is 0 Å². The summed E-state index contributed by atoms with van der Waals surface area (Å²) in [6.07, 6.45) is 0. The Morgan fingerprint density at radius 2 is 1.19 bits per heavy atom. The van der Waals surface area contributed by atoms with Gasteiger partial charge < -0.3 is 10.6 Å². The molecule has 0 radical (unpaired) electrons. The van der Waals surface area contributed by atoms with E-state index in [1.807, 2.05) is 24.3 Å². The Bertz CT molecular complexity index is 330. The first-order valence-corrected chi connectivity index (χ1v) is 5.24. The van der Waals surface area contributed by atoms with Crippen LogP contribution in [0.1, 0.15) is 25.0 Å². The molecule has 1 rings (SSSR count). The van der Waals surface area contributed by atoms with Gasteiger partial charge in [-0.15, -0.1) is 0 Å². The zero-order chi connectivity index (χ0) is 12.0. The van der Waals surface area contributed by atoms with Crippen molar-refractivity contribution in [2.75, 3.05) is 0 Å². The van der Waals surface area contributed by atoms with Gasteiger partial charge in [0.2, 0.25) is 0 Å². The van der Waals surface area contributed by atoms with E-state index < -0.39 is 0 Å². The topological polar surface area (TPSA) is 71.8 Å². The molecule has 0 aliphatic rings. The molecule has 0 amide bonds. The Morgan fingerprint density at radius 1 is 0.875 bits per heavy atom. The minimum atomic E-state index is 0.477. The van der Waals surface area contributed by atoms with Crippen LogP contribution in [0, 0.1) is 10.8 Å². The van der Waals surface area contributed by atoms with Crippen LogP contribution in [-0.2, 0) is 13.1 Å². The summed E-state index contributed by atoms with van der Waals surface area (Å²) in [5.74, 6) is 0.954. The van der Waals surface area contributed by atoms with E-state index in [4.69, 9.17) is 10.8 Å². The zero-order valence-corrected chi connectivity index (χ0v) is 9.72. The van der Waals surface area contributed by atoms with Gasteiger partial charge in [-0.2, -0.15) is 0 Å². The summed E-state index contributed by atoms with van der Waals surface area (Å²) in [6, 6.07) is 8.14. The molecule has 0 aromatic heterocycles. The molecule has 1 aromatic rings. The number of hydrogen-bond donors (Lipinski definition) is 4. The highest BCUT2D eigenvalue weighted by Crippen LogP contribution is 2.04. The molecule has 4 N–H and O–H groups in total. The lowest BCUT2D eigenvalue weighted by Gasteiger charge is -2.07. The van der Waals surface area contributed by atoms with Crippen LogP contribution in [0.4, 0.5) is 0 Å². The smallest absolute Gasteiger partial charge is 0.0902 e. The van der Waals surface area contributed by atoms with E-state index in [9.17, 15) is 0 Å². The highest BCUT2D eigenvalue weighted by molar-refractivity contribution is 5.76. The monoisotopic (exact) mass is 218 g/mol.